The van der Waals surface area contributed by atoms with E-state index in [4.69, 9.17) is 0 Å². The predicted octanol–water partition coefficient (Wildman–Crippen LogP) is 5.12. The molecular weight excluding hydrogens is 368 g/mol. The maximum absolute atomic E-state index is 9.44. The minimum absolute atomic E-state index is 0.341. The van der Waals surface area contributed by atoms with Gasteiger partial charge >= 0.3 is 0 Å². The van der Waals surface area contributed by atoms with Crippen LogP contribution in [0.25, 0.3) is 0 Å². The summed E-state index contributed by atoms with van der Waals surface area (Å²) in [6.45, 7) is 6.64. The molecule has 0 aromatic heterocycles. The first kappa shape index (κ1) is 20.6. The Morgan fingerprint density at radius 3 is 1.77 bits per heavy atom. The zero-order valence-electron chi connectivity index (χ0n) is 17.7. The van der Waals surface area contributed by atoms with Crippen LogP contribution in [0.3, 0.4) is 0 Å². The van der Waals surface area contributed by atoms with Gasteiger partial charge in [-0.3, -0.25) is 4.90 Å². The number of rotatable bonds is 8. The quantitative estimate of drug-likeness (QED) is 0.568. The van der Waals surface area contributed by atoms with Gasteiger partial charge in [-0.05, 0) is 48.2 Å². The highest BCUT2D eigenvalue weighted by Gasteiger charge is 2.18. The summed E-state index contributed by atoms with van der Waals surface area (Å²) < 4.78 is 0. The van der Waals surface area contributed by atoms with Gasteiger partial charge in [0.15, 0.2) is 0 Å². The fraction of sp³-hybridized carbons (Fsp3) is 0.333. The van der Waals surface area contributed by atoms with E-state index >= 15 is 0 Å². The lowest BCUT2D eigenvalue weighted by Gasteiger charge is -2.35. The number of benzene rings is 3. The summed E-state index contributed by atoms with van der Waals surface area (Å²) >= 11 is 0. The Hall–Kier alpha value is -2.62. The first-order valence-corrected chi connectivity index (χ1v) is 11.1. The maximum atomic E-state index is 9.44. The normalized spacial score (nSPS) is 15.5. The fourth-order valence-corrected chi connectivity index (χ4v) is 4.45. The average molecular weight is 401 g/mol. The molecule has 0 bridgehead atoms. The largest absolute Gasteiger partial charge is 0.508 e. The van der Waals surface area contributed by atoms with E-state index in [2.05, 4.69) is 70.5 Å². The van der Waals surface area contributed by atoms with Crippen molar-refractivity contribution in [2.75, 3.05) is 32.7 Å². The number of hydrogen-bond acceptors (Lipinski definition) is 3. The molecule has 0 spiro atoms. The van der Waals surface area contributed by atoms with Gasteiger partial charge in [-0.1, -0.05) is 72.8 Å². The zero-order valence-corrected chi connectivity index (χ0v) is 17.7. The lowest BCUT2D eigenvalue weighted by Crippen LogP contribution is -2.46. The first-order chi connectivity index (χ1) is 14.8. The molecule has 0 saturated carbocycles. The molecular formula is C27H32N2O. The van der Waals surface area contributed by atoms with Crippen LogP contribution in [0.1, 0.15) is 35.4 Å². The summed E-state index contributed by atoms with van der Waals surface area (Å²) in [4.78, 5) is 5.12. The standard InChI is InChI=1S/C27H32N2O/c30-26-15-13-23(14-16-26)22-29-20-18-28(19-21-29)17-7-12-27(24-8-3-1-4-9-24)25-10-5-2-6-11-25/h1-6,8-11,13-16,27,30H,7,12,17-22H2. The van der Waals surface area contributed by atoms with E-state index < -0.39 is 0 Å². The second-order valence-electron chi connectivity index (χ2n) is 8.30. The maximum Gasteiger partial charge on any atom is 0.115 e. The topological polar surface area (TPSA) is 26.7 Å². The van der Waals surface area contributed by atoms with Crippen LogP contribution < -0.4 is 0 Å². The lowest BCUT2D eigenvalue weighted by atomic mass is 9.87. The molecule has 3 nitrogen and oxygen atoms in total. The molecule has 1 aliphatic rings. The zero-order chi connectivity index (χ0) is 20.6. The van der Waals surface area contributed by atoms with Crippen LogP contribution in [0.2, 0.25) is 0 Å². The van der Waals surface area contributed by atoms with Crippen molar-refractivity contribution in [2.24, 2.45) is 0 Å². The highest BCUT2D eigenvalue weighted by atomic mass is 16.3. The van der Waals surface area contributed by atoms with Gasteiger partial charge < -0.3 is 10.0 Å². The molecule has 1 fully saturated rings. The first-order valence-electron chi connectivity index (χ1n) is 11.1. The van der Waals surface area contributed by atoms with E-state index in [-0.39, 0.29) is 0 Å². The van der Waals surface area contributed by atoms with E-state index in [1.165, 1.54) is 36.1 Å². The molecule has 0 radical (unpaired) electrons. The minimum Gasteiger partial charge on any atom is -0.508 e. The van der Waals surface area contributed by atoms with E-state index in [0.29, 0.717) is 11.7 Å². The van der Waals surface area contributed by atoms with Crippen LogP contribution in [-0.2, 0) is 6.54 Å². The van der Waals surface area contributed by atoms with Crippen LogP contribution in [0.4, 0.5) is 0 Å². The monoisotopic (exact) mass is 400 g/mol. The van der Waals surface area contributed by atoms with Gasteiger partial charge in [0.2, 0.25) is 0 Å². The van der Waals surface area contributed by atoms with E-state index in [1.807, 2.05) is 12.1 Å². The molecule has 3 aromatic carbocycles. The van der Waals surface area contributed by atoms with Gasteiger partial charge in [0, 0.05) is 38.6 Å². The third-order valence-corrected chi connectivity index (χ3v) is 6.18. The van der Waals surface area contributed by atoms with Crippen molar-refractivity contribution in [3.63, 3.8) is 0 Å². The van der Waals surface area contributed by atoms with Gasteiger partial charge in [0.25, 0.3) is 0 Å². The van der Waals surface area contributed by atoms with E-state index in [0.717, 1.165) is 32.7 Å². The molecule has 1 heterocycles. The van der Waals surface area contributed by atoms with Crippen LogP contribution in [0.5, 0.6) is 5.75 Å². The van der Waals surface area contributed by atoms with Crippen molar-refractivity contribution >= 4 is 0 Å². The molecule has 1 N–H and O–H groups in total. The summed E-state index contributed by atoms with van der Waals surface area (Å²) in [5.41, 5.74) is 4.11. The number of piperazine rings is 1. The van der Waals surface area contributed by atoms with Crippen molar-refractivity contribution in [3.05, 3.63) is 102 Å². The summed E-state index contributed by atoms with van der Waals surface area (Å²) in [6, 6.07) is 29.5. The molecule has 1 aliphatic heterocycles. The van der Waals surface area contributed by atoms with Crippen molar-refractivity contribution in [3.8, 4) is 5.75 Å². The van der Waals surface area contributed by atoms with Crippen molar-refractivity contribution in [2.45, 2.75) is 25.3 Å². The predicted molar refractivity (Wildman–Crippen MR) is 124 cm³/mol. The SMILES string of the molecule is Oc1ccc(CN2CCN(CCCC(c3ccccc3)c3ccccc3)CC2)cc1. The Kier molecular flexibility index (Phi) is 7.17. The smallest absolute Gasteiger partial charge is 0.115 e. The number of phenols is 1. The molecule has 0 unspecified atom stereocenters. The van der Waals surface area contributed by atoms with Crippen molar-refractivity contribution < 1.29 is 5.11 Å². The number of phenolic OH excluding ortho intramolecular Hbond substituents is 1. The van der Waals surface area contributed by atoms with E-state index in [1.54, 1.807) is 12.1 Å². The average Bonchev–Trinajstić information content (AvgIpc) is 2.80. The molecule has 30 heavy (non-hydrogen) atoms. The Morgan fingerprint density at radius 2 is 1.20 bits per heavy atom. The number of hydrogen-bond donors (Lipinski definition) is 1. The highest BCUT2D eigenvalue weighted by Crippen LogP contribution is 2.29. The molecule has 156 valence electrons. The van der Waals surface area contributed by atoms with E-state index in [9.17, 15) is 5.11 Å². The fourth-order valence-electron chi connectivity index (χ4n) is 4.45. The van der Waals surface area contributed by atoms with Crippen molar-refractivity contribution in [1.29, 1.82) is 0 Å². The molecule has 0 atom stereocenters. The molecule has 4 rings (SSSR count). The summed E-state index contributed by atoms with van der Waals surface area (Å²) in [6.07, 6.45) is 2.40. The van der Waals surface area contributed by atoms with Crippen LogP contribution in [0, 0.1) is 0 Å². The van der Waals surface area contributed by atoms with Gasteiger partial charge in [0.05, 0.1) is 0 Å². The van der Waals surface area contributed by atoms with Gasteiger partial charge in [-0.2, -0.15) is 0 Å². The Labute approximate surface area is 180 Å². The summed E-state index contributed by atoms with van der Waals surface area (Å²) in [5, 5.41) is 9.44. The second-order valence-corrected chi connectivity index (χ2v) is 8.30. The Balaban J connectivity index is 1.26. The van der Waals surface area contributed by atoms with Crippen LogP contribution in [0.15, 0.2) is 84.9 Å². The van der Waals surface area contributed by atoms with Crippen molar-refractivity contribution in [1.82, 2.24) is 9.80 Å². The lowest BCUT2D eigenvalue weighted by molar-refractivity contribution is 0.125. The van der Waals surface area contributed by atoms with Crippen LogP contribution in [-0.4, -0.2) is 47.6 Å². The second kappa shape index (κ2) is 10.4. The van der Waals surface area contributed by atoms with Gasteiger partial charge in [0.1, 0.15) is 5.75 Å². The summed E-state index contributed by atoms with van der Waals surface area (Å²) in [7, 11) is 0. The number of nitrogens with zero attached hydrogens (tertiary/aromatic N) is 2. The summed E-state index contributed by atoms with van der Waals surface area (Å²) in [5.74, 6) is 0.816. The van der Waals surface area contributed by atoms with Gasteiger partial charge in [-0.15, -0.1) is 0 Å². The van der Waals surface area contributed by atoms with Crippen LogP contribution >= 0.6 is 0 Å². The Morgan fingerprint density at radius 1 is 0.667 bits per heavy atom. The molecule has 3 aromatic rings. The highest BCUT2D eigenvalue weighted by molar-refractivity contribution is 5.32. The third-order valence-electron chi connectivity index (χ3n) is 6.18. The molecule has 0 aliphatic carbocycles. The van der Waals surface area contributed by atoms with Gasteiger partial charge in [-0.25, -0.2) is 0 Å². The molecule has 0 amide bonds. The number of aromatic hydroxyl groups is 1. The molecule has 1 saturated heterocycles. The third kappa shape index (κ3) is 5.71. The Bertz CT molecular complexity index is 832. The minimum atomic E-state index is 0.341. The molecule has 3 heteroatoms.